The van der Waals surface area contributed by atoms with Gasteiger partial charge in [-0.2, -0.15) is 9.78 Å². The molecule has 2 aromatic rings. The number of thiophene rings is 1. The van der Waals surface area contributed by atoms with Gasteiger partial charge in [-0.15, -0.1) is 11.3 Å². The third-order valence-corrected chi connectivity index (χ3v) is 6.94. The molecule has 1 aliphatic rings. The SMILES string of the molecule is C=CCOC(=O)N1CCC(c2nn(C(=O)C(C)(C)C)c(N(C)c3ccc(Cl)s3)c2C)CC1. The summed E-state index contributed by atoms with van der Waals surface area (Å²) in [4.78, 5) is 29.1. The average molecular weight is 479 g/mol. The molecule has 0 aliphatic carbocycles. The van der Waals surface area contributed by atoms with Crippen molar-refractivity contribution in [1.29, 1.82) is 0 Å². The van der Waals surface area contributed by atoms with Crippen LogP contribution in [0, 0.1) is 12.3 Å². The summed E-state index contributed by atoms with van der Waals surface area (Å²) in [5.74, 6) is 0.847. The van der Waals surface area contributed by atoms with Crippen LogP contribution >= 0.6 is 22.9 Å². The van der Waals surface area contributed by atoms with Crippen LogP contribution in [0.4, 0.5) is 15.6 Å². The summed E-state index contributed by atoms with van der Waals surface area (Å²) in [5, 5.41) is 5.76. The summed E-state index contributed by atoms with van der Waals surface area (Å²) in [7, 11) is 1.93. The summed E-state index contributed by atoms with van der Waals surface area (Å²) in [6, 6.07) is 3.79. The maximum Gasteiger partial charge on any atom is 0.410 e. The summed E-state index contributed by atoms with van der Waals surface area (Å²) in [6.07, 6.45) is 2.77. The Balaban J connectivity index is 1.91. The van der Waals surface area contributed by atoms with Crippen molar-refractivity contribution < 1.29 is 14.3 Å². The van der Waals surface area contributed by atoms with Gasteiger partial charge in [-0.1, -0.05) is 45.0 Å². The minimum absolute atomic E-state index is 0.0678. The lowest BCUT2D eigenvalue weighted by atomic mass is 9.91. The number of carbonyl (C=O) groups excluding carboxylic acids is 2. The first-order chi connectivity index (χ1) is 15.0. The molecule has 0 unspecified atom stereocenters. The van der Waals surface area contributed by atoms with Gasteiger partial charge in [-0.25, -0.2) is 4.79 Å². The van der Waals surface area contributed by atoms with Crippen LogP contribution in [0.3, 0.4) is 0 Å². The van der Waals surface area contributed by atoms with Crippen LogP contribution in [0.5, 0.6) is 0 Å². The average Bonchev–Trinajstić information content (AvgIpc) is 3.33. The highest BCUT2D eigenvalue weighted by Crippen LogP contribution is 2.39. The fourth-order valence-corrected chi connectivity index (χ4v) is 4.89. The summed E-state index contributed by atoms with van der Waals surface area (Å²) < 4.78 is 7.39. The number of likely N-dealkylation sites (tertiary alicyclic amines) is 1. The normalized spacial score (nSPS) is 15.0. The van der Waals surface area contributed by atoms with Gasteiger partial charge in [0.1, 0.15) is 12.4 Å². The summed E-state index contributed by atoms with van der Waals surface area (Å²) in [6.45, 7) is 12.7. The zero-order valence-corrected chi connectivity index (χ0v) is 20.9. The van der Waals surface area contributed by atoms with Crippen molar-refractivity contribution >= 4 is 45.8 Å². The molecular weight excluding hydrogens is 448 g/mol. The molecular formula is C23H31ClN4O3S. The van der Waals surface area contributed by atoms with Crippen molar-refractivity contribution in [3.05, 3.63) is 40.4 Å². The lowest BCUT2D eigenvalue weighted by Gasteiger charge is -2.30. The van der Waals surface area contributed by atoms with E-state index in [0.29, 0.717) is 17.4 Å². The molecule has 1 amide bonds. The maximum absolute atomic E-state index is 13.3. The molecule has 9 heteroatoms. The largest absolute Gasteiger partial charge is 0.445 e. The molecule has 174 valence electrons. The fourth-order valence-electron chi connectivity index (χ4n) is 3.89. The van der Waals surface area contributed by atoms with E-state index < -0.39 is 5.41 Å². The molecule has 0 N–H and O–H groups in total. The quantitative estimate of drug-likeness (QED) is 0.503. The van der Waals surface area contributed by atoms with E-state index in [1.165, 1.54) is 11.3 Å². The molecule has 32 heavy (non-hydrogen) atoms. The van der Waals surface area contributed by atoms with E-state index >= 15 is 0 Å². The lowest BCUT2D eigenvalue weighted by Crippen LogP contribution is -2.38. The second kappa shape index (κ2) is 9.67. The van der Waals surface area contributed by atoms with Gasteiger partial charge < -0.3 is 14.5 Å². The van der Waals surface area contributed by atoms with Gasteiger partial charge in [0.2, 0.25) is 0 Å². The van der Waals surface area contributed by atoms with Gasteiger partial charge in [-0.3, -0.25) is 4.79 Å². The Morgan fingerprint density at radius 2 is 2.00 bits per heavy atom. The number of hydrogen-bond donors (Lipinski definition) is 0. The molecule has 1 saturated heterocycles. The number of nitrogens with zero attached hydrogens (tertiary/aromatic N) is 4. The van der Waals surface area contributed by atoms with Crippen LogP contribution in [0.15, 0.2) is 24.8 Å². The lowest BCUT2D eigenvalue weighted by molar-refractivity contribution is 0.0750. The fraction of sp³-hybridized carbons (Fsp3) is 0.522. The number of halogens is 1. The molecule has 2 aromatic heterocycles. The smallest absolute Gasteiger partial charge is 0.410 e. The van der Waals surface area contributed by atoms with Gasteiger partial charge >= 0.3 is 6.09 Å². The number of piperidine rings is 1. The first-order valence-corrected chi connectivity index (χ1v) is 11.9. The highest BCUT2D eigenvalue weighted by Gasteiger charge is 2.34. The van der Waals surface area contributed by atoms with Gasteiger partial charge in [0, 0.05) is 37.0 Å². The molecule has 3 rings (SSSR count). The molecule has 1 aliphatic heterocycles. The van der Waals surface area contributed by atoms with Crippen LogP contribution in [0.25, 0.3) is 0 Å². The standard InChI is InChI=1S/C23H31ClN4O3S/c1-7-14-31-22(30)27-12-10-16(11-13-27)19-15(2)20(26(6)18-9-8-17(24)32-18)28(25-19)21(29)23(3,4)5/h7-9,16H,1,10-14H2,2-6H3. The molecule has 7 nitrogen and oxygen atoms in total. The van der Waals surface area contributed by atoms with Gasteiger partial charge in [0.05, 0.1) is 15.0 Å². The zero-order chi connectivity index (χ0) is 23.6. The number of aromatic nitrogens is 2. The summed E-state index contributed by atoms with van der Waals surface area (Å²) in [5.41, 5.74) is 1.30. The van der Waals surface area contributed by atoms with E-state index in [1.54, 1.807) is 15.7 Å². The topological polar surface area (TPSA) is 67.7 Å². The van der Waals surface area contributed by atoms with Gasteiger partial charge in [0.15, 0.2) is 0 Å². The van der Waals surface area contributed by atoms with E-state index in [2.05, 4.69) is 6.58 Å². The molecule has 0 spiro atoms. The number of carbonyl (C=O) groups is 2. The molecule has 0 saturated carbocycles. The maximum atomic E-state index is 13.3. The van der Waals surface area contributed by atoms with Crippen LogP contribution in [-0.2, 0) is 4.74 Å². The molecule has 1 fully saturated rings. The first kappa shape index (κ1) is 24.3. The number of anilines is 2. The highest BCUT2D eigenvalue weighted by molar-refractivity contribution is 7.20. The number of amides is 1. The molecule has 3 heterocycles. The Kier molecular flexibility index (Phi) is 7.35. The molecule has 0 radical (unpaired) electrons. The number of hydrogen-bond acceptors (Lipinski definition) is 6. The Morgan fingerprint density at radius 3 is 2.53 bits per heavy atom. The van der Waals surface area contributed by atoms with E-state index in [-0.39, 0.29) is 24.5 Å². The van der Waals surface area contributed by atoms with Crippen LogP contribution in [0.2, 0.25) is 4.34 Å². The van der Waals surface area contributed by atoms with E-state index in [9.17, 15) is 9.59 Å². The molecule has 0 atom stereocenters. The third-order valence-electron chi connectivity index (χ3n) is 5.63. The van der Waals surface area contributed by atoms with Crippen LogP contribution in [0.1, 0.15) is 55.6 Å². The molecule has 0 bridgehead atoms. The minimum atomic E-state index is -0.587. The van der Waals surface area contributed by atoms with E-state index in [4.69, 9.17) is 21.4 Å². The second-order valence-electron chi connectivity index (χ2n) is 9.06. The van der Waals surface area contributed by atoms with Gasteiger partial charge in [-0.05, 0) is 31.9 Å². The van der Waals surface area contributed by atoms with Crippen LogP contribution in [-0.4, -0.2) is 53.4 Å². The van der Waals surface area contributed by atoms with Crippen molar-refractivity contribution in [3.8, 4) is 0 Å². The Labute approximate surface area is 198 Å². The van der Waals surface area contributed by atoms with Crippen molar-refractivity contribution in [2.75, 3.05) is 31.6 Å². The Morgan fingerprint density at radius 1 is 1.34 bits per heavy atom. The van der Waals surface area contributed by atoms with E-state index in [0.717, 1.165) is 34.9 Å². The monoisotopic (exact) mass is 478 g/mol. The van der Waals surface area contributed by atoms with Gasteiger partial charge in [0.25, 0.3) is 5.91 Å². The van der Waals surface area contributed by atoms with Crippen LogP contribution < -0.4 is 4.90 Å². The summed E-state index contributed by atoms with van der Waals surface area (Å²) >= 11 is 7.62. The molecule has 0 aromatic carbocycles. The first-order valence-electron chi connectivity index (χ1n) is 10.7. The van der Waals surface area contributed by atoms with E-state index in [1.807, 2.05) is 51.8 Å². The predicted molar refractivity (Wildman–Crippen MR) is 130 cm³/mol. The van der Waals surface area contributed by atoms with Crippen molar-refractivity contribution in [2.24, 2.45) is 5.41 Å². The predicted octanol–water partition coefficient (Wildman–Crippen LogP) is 5.86. The Bertz CT molecular complexity index is 1000. The minimum Gasteiger partial charge on any atom is -0.445 e. The number of rotatable bonds is 5. The van der Waals surface area contributed by atoms with Crippen molar-refractivity contribution in [2.45, 2.75) is 46.5 Å². The third kappa shape index (κ3) is 5.02. The van der Waals surface area contributed by atoms with Crippen molar-refractivity contribution in [3.63, 3.8) is 0 Å². The number of ether oxygens (including phenoxy) is 1. The van der Waals surface area contributed by atoms with Crippen molar-refractivity contribution in [1.82, 2.24) is 14.7 Å². The Hall–Kier alpha value is -2.32. The highest BCUT2D eigenvalue weighted by atomic mass is 35.5. The zero-order valence-electron chi connectivity index (χ0n) is 19.4. The second-order valence-corrected chi connectivity index (χ2v) is 10.8.